The van der Waals surface area contributed by atoms with Crippen LogP contribution in [0.1, 0.15) is 35.2 Å². The fraction of sp³-hybridized carbons (Fsp3) is 0.208. The number of nitrogens with one attached hydrogen (secondary N) is 1. The van der Waals surface area contributed by atoms with Crippen molar-refractivity contribution in [1.29, 1.82) is 0 Å². The van der Waals surface area contributed by atoms with Gasteiger partial charge in [0.1, 0.15) is 5.82 Å². The topological polar surface area (TPSA) is 32.3 Å². The summed E-state index contributed by atoms with van der Waals surface area (Å²) < 4.78 is 52.3. The number of benzene rings is 3. The molecular weight excluding hydrogens is 408 g/mol. The molecule has 0 bridgehead atoms. The number of rotatable bonds is 2. The third kappa shape index (κ3) is 4.26. The van der Waals surface area contributed by atoms with Gasteiger partial charge in [-0.25, -0.2) is 9.18 Å². The number of amides is 2. The molecule has 3 aromatic carbocycles. The predicted molar refractivity (Wildman–Crippen MR) is 110 cm³/mol. The zero-order valence-corrected chi connectivity index (χ0v) is 16.7. The van der Waals surface area contributed by atoms with E-state index in [0.717, 1.165) is 23.3 Å². The zero-order valence-electron chi connectivity index (χ0n) is 16.7. The molecule has 2 unspecified atom stereocenters. The van der Waals surface area contributed by atoms with Gasteiger partial charge in [-0.1, -0.05) is 36.4 Å². The summed E-state index contributed by atoms with van der Waals surface area (Å²) in [6.07, 6.45) is -3.82. The van der Waals surface area contributed by atoms with Crippen LogP contribution in [0.5, 0.6) is 0 Å². The molecule has 1 N–H and O–H groups in total. The Morgan fingerprint density at radius 3 is 2.26 bits per heavy atom. The second-order valence-corrected chi connectivity index (χ2v) is 7.62. The van der Waals surface area contributed by atoms with Gasteiger partial charge in [-0.15, -0.1) is 0 Å². The highest BCUT2D eigenvalue weighted by Gasteiger charge is 2.37. The SMILES string of the molecule is CC1Cc2ccccc2C(c2ccc(C(F)(F)F)cc2)N1C(=O)Nc1ccc(F)cc1. The first-order chi connectivity index (χ1) is 14.7. The van der Waals surface area contributed by atoms with E-state index in [0.29, 0.717) is 17.7 Å². The van der Waals surface area contributed by atoms with Crippen LogP contribution in [0.4, 0.5) is 28.0 Å². The van der Waals surface area contributed by atoms with Gasteiger partial charge < -0.3 is 10.2 Å². The summed E-state index contributed by atoms with van der Waals surface area (Å²) in [6, 6.07) is 16.8. The van der Waals surface area contributed by atoms with Crippen molar-refractivity contribution in [1.82, 2.24) is 4.90 Å². The molecule has 0 aliphatic carbocycles. The Morgan fingerprint density at radius 1 is 0.968 bits per heavy atom. The lowest BCUT2D eigenvalue weighted by Crippen LogP contribution is -2.48. The summed E-state index contributed by atoms with van der Waals surface area (Å²) in [5.41, 5.74) is 2.20. The molecule has 0 saturated heterocycles. The Hall–Kier alpha value is -3.35. The fourth-order valence-corrected chi connectivity index (χ4v) is 4.04. The predicted octanol–water partition coefficient (Wildman–Crippen LogP) is 6.41. The van der Waals surface area contributed by atoms with E-state index < -0.39 is 29.6 Å². The monoisotopic (exact) mass is 428 g/mol. The smallest absolute Gasteiger partial charge is 0.310 e. The van der Waals surface area contributed by atoms with Gasteiger partial charge in [-0.2, -0.15) is 13.2 Å². The third-order valence-corrected chi connectivity index (χ3v) is 5.50. The lowest BCUT2D eigenvalue weighted by Gasteiger charge is -2.42. The van der Waals surface area contributed by atoms with Gasteiger partial charge in [0.15, 0.2) is 0 Å². The Morgan fingerprint density at radius 2 is 1.61 bits per heavy atom. The lowest BCUT2D eigenvalue weighted by molar-refractivity contribution is -0.137. The number of fused-ring (bicyclic) bond motifs is 1. The average molecular weight is 428 g/mol. The molecule has 3 aromatic rings. The fourth-order valence-electron chi connectivity index (χ4n) is 4.04. The van der Waals surface area contributed by atoms with Gasteiger partial charge in [0.25, 0.3) is 0 Å². The van der Waals surface area contributed by atoms with Crippen molar-refractivity contribution in [3.63, 3.8) is 0 Å². The highest BCUT2D eigenvalue weighted by atomic mass is 19.4. The van der Waals surface area contributed by atoms with Crippen molar-refractivity contribution >= 4 is 11.7 Å². The van der Waals surface area contributed by atoms with E-state index in [2.05, 4.69) is 5.32 Å². The molecule has 0 fully saturated rings. The molecule has 1 aliphatic heterocycles. The molecule has 2 amide bonds. The van der Waals surface area contributed by atoms with Gasteiger partial charge in [0, 0.05) is 11.7 Å². The first kappa shape index (κ1) is 20.9. The molecule has 2 atom stereocenters. The van der Waals surface area contributed by atoms with E-state index in [4.69, 9.17) is 0 Å². The van der Waals surface area contributed by atoms with Crippen molar-refractivity contribution < 1.29 is 22.4 Å². The first-order valence-corrected chi connectivity index (χ1v) is 9.84. The number of hydrogen-bond acceptors (Lipinski definition) is 1. The Labute approximate surface area is 177 Å². The summed E-state index contributed by atoms with van der Waals surface area (Å²) in [7, 11) is 0. The van der Waals surface area contributed by atoms with Gasteiger partial charge >= 0.3 is 12.2 Å². The molecule has 1 aliphatic rings. The summed E-state index contributed by atoms with van der Waals surface area (Å²) in [6.45, 7) is 1.90. The van der Waals surface area contributed by atoms with Crippen LogP contribution in [0.25, 0.3) is 0 Å². The number of halogens is 4. The largest absolute Gasteiger partial charge is 0.416 e. The van der Waals surface area contributed by atoms with E-state index in [1.54, 1.807) is 4.90 Å². The standard InChI is InChI=1S/C24H20F4N2O/c1-15-14-17-4-2-3-5-21(17)22(16-6-8-18(9-7-16)24(26,27)28)30(15)23(31)29-20-12-10-19(25)11-13-20/h2-13,15,22H,14H2,1H3,(H,29,31). The van der Waals surface area contributed by atoms with Crippen molar-refractivity contribution in [2.24, 2.45) is 0 Å². The number of hydrogen-bond donors (Lipinski definition) is 1. The summed E-state index contributed by atoms with van der Waals surface area (Å²) in [5, 5.41) is 2.78. The van der Waals surface area contributed by atoms with Gasteiger partial charge in [0.05, 0.1) is 11.6 Å². The minimum Gasteiger partial charge on any atom is -0.310 e. The maximum absolute atomic E-state index is 13.2. The molecular formula is C24H20F4N2O. The van der Waals surface area contributed by atoms with Crippen LogP contribution in [0.3, 0.4) is 0 Å². The van der Waals surface area contributed by atoms with Crippen LogP contribution in [0, 0.1) is 5.82 Å². The molecule has 0 aromatic heterocycles. The first-order valence-electron chi connectivity index (χ1n) is 9.84. The van der Waals surface area contributed by atoms with Crippen LogP contribution in [0.2, 0.25) is 0 Å². The van der Waals surface area contributed by atoms with Crippen LogP contribution in [-0.4, -0.2) is 17.0 Å². The summed E-state index contributed by atoms with van der Waals surface area (Å²) >= 11 is 0. The maximum Gasteiger partial charge on any atom is 0.416 e. The molecule has 160 valence electrons. The summed E-state index contributed by atoms with van der Waals surface area (Å²) in [4.78, 5) is 14.9. The Balaban J connectivity index is 1.73. The number of carbonyl (C=O) groups is 1. The molecule has 0 spiro atoms. The number of nitrogens with zero attached hydrogens (tertiary/aromatic N) is 1. The van der Waals surface area contributed by atoms with E-state index in [1.807, 2.05) is 31.2 Å². The van der Waals surface area contributed by atoms with Crippen LogP contribution in [-0.2, 0) is 12.6 Å². The molecule has 31 heavy (non-hydrogen) atoms. The second kappa shape index (κ2) is 8.06. The van der Waals surface area contributed by atoms with Crippen LogP contribution < -0.4 is 5.32 Å². The molecule has 0 saturated carbocycles. The maximum atomic E-state index is 13.2. The number of urea groups is 1. The van der Waals surface area contributed by atoms with Crippen molar-refractivity contribution in [2.45, 2.75) is 31.6 Å². The minimum atomic E-state index is -4.43. The Kier molecular flexibility index (Phi) is 5.43. The van der Waals surface area contributed by atoms with Gasteiger partial charge in [-0.3, -0.25) is 0 Å². The number of alkyl halides is 3. The lowest BCUT2D eigenvalue weighted by atomic mass is 9.85. The summed E-state index contributed by atoms with van der Waals surface area (Å²) in [5.74, 6) is -0.416. The highest BCUT2D eigenvalue weighted by molar-refractivity contribution is 5.90. The quantitative estimate of drug-likeness (QED) is 0.470. The van der Waals surface area contributed by atoms with E-state index in [1.165, 1.54) is 36.4 Å². The minimum absolute atomic E-state index is 0.206. The van der Waals surface area contributed by atoms with E-state index in [9.17, 15) is 22.4 Å². The molecule has 1 heterocycles. The van der Waals surface area contributed by atoms with Crippen LogP contribution >= 0.6 is 0 Å². The van der Waals surface area contributed by atoms with Crippen molar-refractivity contribution in [3.8, 4) is 0 Å². The average Bonchev–Trinajstić information content (AvgIpc) is 2.74. The zero-order chi connectivity index (χ0) is 22.2. The number of anilines is 1. The van der Waals surface area contributed by atoms with Crippen molar-refractivity contribution in [3.05, 3.63) is 101 Å². The third-order valence-electron chi connectivity index (χ3n) is 5.50. The van der Waals surface area contributed by atoms with E-state index in [-0.39, 0.29) is 6.04 Å². The van der Waals surface area contributed by atoms with Crippen LogP contribution in [0.15, 0.2) is 72.8 Å². The molecule has 7 heteroatoms. The van der Waals surface area contributed by atoms with Gasteiger partial charge in [0.2, 0.25) is 0 Å². The molecule has 4 rings (SSSR count). The normalized spacial score (nSPS) is 18.4. The van der Waals surface area contributed by atoms with Gasteiger partial charge in [-0.05, 0) is 66.4 Å². The molecule has 0 radical (unpaired) electrons. The van der Waals surface area contributed by atoms with Crippen molar-refractivity contribution in [2.75, 3.05) is 5.32 Å². The Bertz CT molecular complexity index is 1080. The highest BCUT2D eigenvalue weighted by Crippen LogP contribution is 2.39. The van der Waals surface area contributed by atoms with E-state index >= 15 is 0 Å². The molecule has 3 nitrogen and oxygen atoms in total. The second-order valence-electron chi connectivity index (χ2n) is 7.62. The number of carbonyl (C=O) groups excluding carboxylic acids is 1.